The van der Waals surface area contributed by atoms with E-state index in [2.05, 4.69) is 21.2 Å². The Morgan fingerprint density at radius 1 is 1.19 bits per heavy atom. The van der Waals surface area contributed by atoms with E-state index < -0.39 is 17.0 Å². The molecule has 1 aliphatic rings. The molecule has 0 fully saturated rings. The van der Waals surface area contributed by atoms with Crippen LogP contribution < -0.4 is 5.32 Å². The second kappa shape index (κ2) is 7.47. The highest BCUT2D eigenvalue weighted by molar-refractivity contribution is 9.10. The average molecular weight is 430 g/mol. The molecule has 0 saturated heterocycles. The number of hydrogen-bond acceptors (Lipinski definition) is 4. The van der Waals surface area contributed by atoms with Gasteiger partial charge < -0.3 is 10.1 Å². The van der Waals surface area contributed by atoms with E-state index >= 15 is 0 Å². The van der Waals surface area contributed by atoms with Crippen LogP contribution in [0.2, 0.25) is 0 Å². The molecule has 1 N–H and O–H groups in total. The summed E-state index contributed by atoms with van der Waals surface area (Å²) in [5, 5.41) is 3.26. The molecule has 0 spiro atoms. The quantitative estimate of drug-likeness (QED) is 0.547. The number of carbonyl (C=O) groups is 2. The zero-order valence-electron chi connectivity index (χ0n) is 15.8. The monoisotopic (exact) mass is 429 g/mol. The molecule has 2 aromatic carbocycles. The van der Waals surface area contributed by atoms with Crippen LogP contribution in [0.3, 0.4) is 0 Å². The number of anilines is 1. The van der Waals surface area contributed by atoms with E-state index in [1.165, 1.54) is 0 Å². The van der Waals surface area contributed by atoms with Crippen LogP contribution in [0.5, 0.6) is 0 Å². The fourth-order valence-corrected chi connectivity index (χ4v) is 3.68. The number of benzene rings is 2. The Labute approximate surface area is 168 Å². The molecule has 0 bridgehead atoms. The zero-order valence-corrected chi connectivity index (χ0v) is 17.4. The first-order valence-corrected chi connectivity index (χ1v) is 9.86. The number of esters is 1. The molecule has 1 aliphatic carbocycles. The van der Waals surface area contributed by atoms with Crippen LogP contribution in [-0.2, 0) is 16.0 Å². The van der Waals surface area contributed by atoms with E-state index in [1.807, 2.05) is 63.2 Å². The predicted octanol–water partition coefficient (Wildman–Crippen LogP) is 5.02. The van der Waals surface area contributed by atoms with Crippen LogP contribution >= 0.6 is 15.9 Å². The van der Waals surface area contributed by atoms with Gasteiger partial charge in [-0.25, -0.2) is 0 Å². The van der Waals surface area contributed by atoms with Gasteiger partial charge in [0.2, 0.25) is 0 Å². The standard InChI is InChI=1S/C22H24BrNO3/c1-21(2,3)27-20(26)22(14-24-17-7-5-4-6-8-17)12-11-15-9-10-16(23)13-18(15)19(22)25/h4-10,13,24H,11-12,14H2,1-3H3/t22-/m1/s1. The number of Topliss-reactive ketones (excluding diaryl/α,β-unsaturated/α-hetero) is 1. The number of halogens is 1. The summed E-state index contributed by atoms with van der Waals surface area (Å²) in [7, 11) is 0. The predicted molar refractivity (Wildman–Crippen MR) is 110 cm³/mol. The van der Waals surface area contributed by atoms with Crippen LogP contribution in [0.25, 0.3) is 0 Å². The Bertz CT molecular complexity index is 858. The number of nitrogens with one attached hydrogen (secondary N) is 1. The highest BCUT2D eigenvalue weighted by Gasteiger charge is 2.51. The van der Waals surface area contributed by atoms with Crippen molar-refractivity contribution in [2.45, 2.75) is 39.2 Å². The summed E-state index contributed by atoms with van der Waals surface area (Å²) in [4.78, 5) is 26.6. The van der Waals surface area contributed by atoms with E-state index in [0.29, 0.717) is 18.4 Å². The van der Waals surface area contributed by atoms with Crippen molar-refractivity contribution in [1.82, 2.24) is 0 Å². The number of aryl methyl sites for hydroxylation is 1. The highest BCUT2D eigenvalue weighted by Crippen LogP contribution is 2.39. The molecular weight excluding hydrogens is 406 g/mol. The molecule has 0 heterocycles. The molecule has 3 rings (SSSR count). The Morgan fingerprint density at radius 3 is 2.56 bits per heavy atom. The molecule has 4 nitrogen and oxygen atoms in total. The van der Waals surface area contributed by atoms with Gasteiger partial charge in [0.1, 0.15) is 11.0 Å². The van der Waals surface area contributed by atoms with Crippen molar-refractivity contribution in [3.63, 3.8) is 0 Å². The first kappa shape index (κ1) is 19.6. The molecule has 0 amide bonds. The Hall–Kier alpha value is -2.14. The lowest BCUT2D eigenvalue weighted by Gasteiger charge is -2.37. The van der Waals surface area contributed by atoms with Gasteiger partial charge in [0.05, 0.1) is 0 Å². The molecule has 2 aromatic rings. The lowest BCUT2D eigenvalue weighted by molar-refractivity contribution is -0.164. The molecule has 27 heavy (non-hydrogen) atoms. The number of hydrogen-bond donors (Lipinski definition) is 1. The molecule has 0 unspecified atom stereocenters. The van der Waals surface area contributed by atoms with Gasteiger partial charge >= 0.3 is 5.97 Å². The van der Waals surface area contributed by atoms with E-state index in [4.69, 9.17) is 4.74 Å². The zero-order chi connectivity index (χ0) is 19.7. The van der Waals surface area contributed by atoms with Crippen LogP contribution in [0.1, 0.15) is 43.1 Å². The number of para-hydroxylation sites is 1. The van der Waals surface area contributed by atoms with Gasteiger partial charge in [-0.15, -0.1) is 0 Å². The summed E-state index contributed by atoms with van der Waals surface area (Å²) in [6.45, 7) is 5.67. The van der Waals surface area contributed by atoms with Crippen molar-refractivity contribution < 1.29 is 14.3 Å². The SMILES string of the molecule is CC(C)(C)OC(=O)[C@@]1(CNc2ccccc2)CCc2ccc(Br)cc2C1=O. The number of ether oxygens (including phenoxy) is 1. The normalized spacial score (nSPS) is 19.3. The molecule has 5 heteroatoms. The second-order valence-electron chi connectivity index (χ2n) is 7.93. The van der Waals surface area contributed by atoms with Crippen LogP contribution in [0.4, 0.5) is 5.69 Å². The number of fused-ring (bicyclic) bond motifs is 1. The number of carbonyl (C=O) groups excluding carboxylic acids is 2. The smallest absolute Gasteiger partial charge is 0.322 e. The van der Waals surface area contributed by atoms with Crippen LogP contribution in [0.15, 0.2) is 53.0 Å². The Kier molecular flexibility index (Phi) is 5.43. The van der Waals surface area contributed by atoms with Crippen molar-refractivity contribution >= 4 is 33.4 Å². The third kappa shape index (κ3) is 4.24. The van der Waals surface area contributed by atoms with Crippen molar-refractivity contribution in [2.75, 3.05) is 11.9 Å². The Morgan fingerprint density at radius 2 is 1.89 bits per heavy atom. The second-order valence-corrected chi connectivity index (χ2v) is 8.85. The Balaban J connectivity index is 1.97. The molecule has 0 aliphatic heterocycles. The summed E-state index contributed by atoms with van der Waals surface area (Å²) < 4.78 is 6.50. The molecule has 142 valence electrons. The average Bonchev–Trinajstić information content (AvgIpc) is 2.61. The maximum atomic E-state index is 13.5. The minimum Gasteiger partial charge on any atom is -0.459 e. The molecular formula is C22H24BrNO3. The number of ketones is 1. The summed E-state index contributed by atoms with van der Waals surface area (Å²) in [6.07, 6.45) is 1.08. The van der Waals surface area contributed by atoms with Crippen molar-refractivity contribution in [3.8, 4) is 0 Å². The van der Waals surface area contributed by atoms with Gasteiger partial charge in [-0.2, -0.15) is 0 Å². The summed E-state index contributed by atoms with van der Waals surface area (Å²) in [5.74, 6) is -0.642. The van der Waals surface area contributed by atoms with Gasteiger partial charge in [-0.3, -0.25) is 9.59 Å². The first-order valence-electron chi connectivity index (χ1n) is 9.07. The molecule has 0 radical (unpaired) electrons. The third-order valence-corrected chi connectivity index (χ3v) is 5.22. The van der Waals surface area contributed by atoms with E-state index in [1.54, 1.807) is 6.07 Å². The fraction of sp³-hybridized carbons (Fsp3) is 0.364. The first-order chi connectivity index (χ1) is 12.7. The fourth-order valence-electron chi connectivity index (χ4n) is 3.32. The minimum atomic E-state index is -1.24. The van der Waals surface area contributed by atoms with Crippen molar-refractivity contribution in [3.05, 3.63) is 64.1 Å². The van der Waals surface area contributed by atoms with Gasteiger partial charge in [-0.1, -0.05) is 40.2 Å². The topological polar surface area (TPSA) is 55.4 Å². The number of rotatable bonds is 4. The van der Waals surface area contributed by atoms with Crippen LogP contribution in [-0.4, -0.2) is 23.9 Å². The van der Waals surface area contributed by atoms with Gasteiger partial charge in [0.15, 0.2) is 5.78 Å². The maximum Gasteiger partial charge on any atom is 0.322 e. The minimum absolute atomic E-state index is 0.178. The van der Waals surface area contributed by atoms with Gasteiger partial charge in [0.25, 0.3) is 0 Å². The van der Waals surface area contributed by atoms with E-state index in [0.717, 1.165) is 15.7 Å². The molecule has 1 atom stereocenters. The maximum absolute atomic E-state index is 13.5. The highest BCUT2D eigenvalue weighted by atomic mass is 79.9. The van der Waals surface area contributed by atoms with Crippen molar-refractivity contribution in [2.24, 2.45) is 5.41 Å². The summed E-state index contributed by atoms with van der Waals surface area (Å²) in [6, 6.07) is 15.3. The van der Waals surface area contributed by atoms with Gasteiger partial charge in [0, 0.05) is 22.3 Å². The van der Waals surface area contributed by atoms with E-state index in [9.17, 15) is 9.59 Å². The van der Waals surface area contributed by atoms with Crippen LogP contribution in [0, 0.1) is 5.41 Å². The lowest BCUT2D eigenvalue weighted by atomic mass is 9.70. The van der Waals surface area contributed by atoms with Crippen molar-refractivity contribution in [1.29, 1.82) is 0 Å². The third-order valence-electron chi connectivity index (χ3n) is 4.73. The molecule has 0 saturated carbocycles. The summed E-state index contributed by atoms with van der Waals surface area (Å²) >= 11 is 3.43. The van der Waals surface area contributed by atoms with E-state index in [-0.39, 0.29) is 12.3 Å². The summed E-state index contributed by atoms with van der Waals surface area (Å²) in [5.41, 5.74) is 0.540. The lowest BCUT2D eigenvalue weighted by Crippen LogP contribution is -2.50. The molecule has 0 aromatic heterocycles. The van der Waals surface area contributed by atoms with Gasteiger partial charge in [-0.05, 0) is 63.4 Å². The largest absolute Gasteiger partial charge is 0.459 e.